The summed E-state index contributed by atoms with van der Waals surface area (Å²) in [6.07, 6.45) is 4.62. The van der Waals surface area contributed by atoms with E-state index in [0.717, 1.165) is 38.6 Å². The van der Waals surface area contributed by atoms with Gasteiger partial charge in [0.2, 0.25) is 0 Å². The molecule has 1 rings (SSSR count). The number of nitrogens with one attached hydrogen (secondary N) is 1. The summed E-state index contributed by atoms with van der Waals surface area (Å²) in [5, 5.41) is 12.2. The van der Waals surface area contributed by atoms with Gasteiger partial charge in [-0.05, 0) is 32.2 Å². The van der Waals surface area contributed by atoms with E-state index in [2.05, 4.69) is 5.32 Å². The molecule has 3 nitrogen and oxygen atoms in total. The molecule has 0 aromatic heterocycles. The molecule has 12 heavy (non-hydrogen) atoms. The van der Waals surface area contributed by atoms with Gasteiger partial charge in [-0.25, -0.2) is 0 Å². The van der Waals surface area contributed by atoms with E-state index < -0.39 is 11.5 Å². The zero-order chi connectivity index (χ0) is 9.03. The molecule has 3 heteroatoms. The van der Waals surface area contributed by atoms with Gasteiger partial charge in [-0.3, -0.25) is 4.79 Å². The average Bonchev–Trinajstić information content (AvgIpc) is 2.06. The van der Waals surface area contributed by atoms with E-state index >= 15 is 0 Å². The Labute approximate surface area is 73.2 Å². The van der Waals surface area contributed by atoms with Gasteiger partial charge in [0.1, 0.15) is 5.54 Å². The second-order valence-electron chi connectivity index (χ2n) is 3.52. The van der Waals surface area contributed by atoms with E-state index in [0.29, 0.717) is 0 Å². The van der Waals surface area contributed by atoms with Crippen LogP contribution in [0.3, 0.4) is 0 Å². The van der Waals surface area contributed by atoms with Crippen LogP contribution in [0.25, 0.3) is 0 Å². The Hall–Kier alpha value is -0.570. The summed E-state index contributed by atoms with van der Waals surface area (Å²) in [7, 11) is 0. The minimum absolute atomic E-state index is 0.604. The van der Waals surface area contributed by atoms with Gasteiger partial charge in [-0.2, -0.15) is 0 Å². The highest BCUT2D eigenvalue weighted by molar-refractivity contribution is 5.78. The Balaban J connectivity index is 2.63. The highest BCUT2D eigenvalue weighted by Gasteiger charge is 2.38. The van der Waals surface area contributed by atoms with Crippen molar-refractivity contribution >= 4 is 5.97 Å². The van der Waals surface area contributed by atoms with Crippen LogP contribution in [-0.2, 0) is 4.79 Å². The summed E-state index contributed by atoms with van der Waals surface area (Å²) in [6, 6.07) is 0. The van der Waals surface area contributed by atoms with Crippen molar-refractivity contribution in [2.45, 2.75) is 44.6 Å². The van der Waals surface area contributed by atoms with Crippen molar-refractivity contribution in [3.63, 3.8) is 0 Å². The van der Waals surface area contributed by atoms with Crippen LogP contribution < -0.4 is 5.32 Å². The van der Waals surface area contributed by atoms with Crippen LogP contribution >= 0.6 is 0 Å². The van der Waals surface area contributed by atoms with Crippen LogP contribution in [0.4, 0.5) is 0 Å². The lowest BCUT2D eigenvalue weighted by atomic mass is 9.85. The smallest absolute Gasteiger partial charge is 0.323 e. The second-order valence-corrected chi connectivity index (χ2v) is 3.52. The van der Waals surface area contributed by atoms with Gasteiger partial charge in [0.05, 0.1) is 0 Å². The molecule has 0 aliphatic carbocycles. The van der Waals surface area contributed by atoms with Crippen molar-refractivity contribution in [3.8, 4) is 0 Å². The molecule has 0 amide bonds. The quantitative estimate of drug-likeness (QED) is 0.674. The predicted molar refractivity (Wildman–Crippen MR) is 47.1 cm³/mol. The summed E-state index contributed by atoms with van der Waals surface area (Å²) in [5.74, 6) is -0.677. The third-order valence-corrected chi connectivity index (χ3v) is 2.58. The number of aliphatic carboxylic acids is 1. The fraction of sp³-hybridized carbons (Fsp3) is 0.889. The lowest BCUT2D eigenvalue weighted by Crippen LogP contribution is -2.54. The molecule has 1 heterocycles. The molecule has 1 aliphatic heterocycles. The van der Waals surface area contributed by atoms with Crippen LogP contribution in [0.1, 0.15) is 39.0 Å². The summed E-state index contributed by atoms with van der Waals surface area (Å²) in [6.45, 7) is 2.88. The van der Waals surface area contributed by atoms with Gasteiger partial charge in [-0.1, -0.05) is 13.3 Å². The van der Waals surface area contributed by atoms with Gasteiger partial charge >= 0.3 is 5.97 Å². The van der Waals surface area contributed by atoms with Gasteiger partial charge in [0.15, 0.2) is 0 Å². The first kappa shape index (κ1) is 9.52. The molecule has 2 N–H and O–H groups in total. The van der Waals surface area contributed by atoms with Crippen LogP contribution in [0.15, 0.2) is 0 Å². The van der Waals surface area contributed by atoms with Crippen molar-refractivity contribution in [2.24, 2.45) is 0 Å². The summed E-state index contributed by atoms with van der Waals surface area (Å²) in [5.41, 5.74) is -0.604. The van der Waals surface area contributed by atoms with Crippen LogP contribution in [0.5, 0.6) is 0 Å². The third kappa shape index (κ3) is 1.78. The SMILES string of the molecule is CCCC1(C(=O)O)CCCCN1. The zero-order valence-corrected chi connectivity index (χ0v) is 7.60. The van der Waals surface area contributed by atoms with Gasteiger partial charge in [-0.15, -0.1) is 0 Å². The third-order valence-electron chi connectivity index (χ3n) is 2.58. The number of hydrogen-bond donors (Lipinski definition) is 2. The molecule has 1 saturated heterocycles. The summed E-state index contributed by atoms with van der Waals surface area (Å²) >= 11 is 0. The molecule has 1 aliphatic rings. The molecule has 0 spiro atoms. The van der Waals surface area contributed by atoms with E-state index in [-0.39, 0.29) is 0 Å². The van der Waals surface area contributed by atoms with E-state index in [1.54, 1.807) is 0 Å². The first-order chi connectivity index (χ1) is 5.71. The van der Waals surface area contributed by atoms with E-state index in [1.165, 1.54) is 0 Å². The van der Waals surface area contributed by atoms with Gasteiger partial charge < -0.3 is 10.4 Å². The zero-order valence-electron chi connectivity index (χ0n) is 7.60. The van der Waals surface area contributed by atoms with Crippen molar-refractivity contribution < 1.29 is 9.90 Å². The number of piperidine rings is 1. The number of rotatable bonds is 3. The number of carboxylic acids is 1. The molecule has 1 unspecified atom stereocenters. The van der Waals surface area contributed by atoms with Crippen LogP contribution in [0.2, 0.25) is 0 Å². The topological polar surface area (TPSA) is 49.3 Å². The fourth-order valence-electron chi connectivity index (χ4n) is 1.90. The lowest BCUT2D eigenvalue weighted by Gasteiger charge is -2.34. The summed E-state index contributed by atoms with van der Waals surface area (Å²) in [4.78, 5) is 11.0. The monoisotopic (exact) mass is 171 g/mol. The lowest BCUT2D eigenvalue weighted by molar-refractivity contribution is -0.146. The standard InChI is InChI=1S/C9H17NO2/c1-2-5-9(8(11)12)6-3-4-7-10-9/h10H,2-7H2,1H3,(H,11,12). The molecule has 1 atom stereocenters. The Morgan fingerprint density at radius 2 is 2.33 bits per heavy atom. The maximum Gasteiger partial charge on any atom is 0.323 e. The average molecular weight is 171 g/mol. The maximum absolute atomic E-state index is 11.0. The molecule has 0 saturated carbocycles. The highest BCUT2D eigenvalue weighted by Crippen LogP contribution is 2.24. The Morgan fingerprint density at radius 3 is 2.75 bits per heavy atom. The molecule has 70 valence electrons. The number of carboxylic acid groups (broad SMARTS) is 1. The molecule has 0 radical (unpaired) electrons. The van der Waals surface area contributed by atoms with E-state index in [9.17, 15) is 4.79 Å². The first-order valence-corrected chi connectivity index (χ1v) is 4.70. The number of hydrogen-bond acceptors (Lipinski definition) is 2. The first-order valence-electron chi connectivity index (χ1n) is 4.70. The second kappa shape index (κ2) is 3.90. The largest absolute Gasteiger partial charge is 0.480 e. The van der Waals surface area contributed by atoms with Crippen molar-refractivity contribution in [3.05, 3.63) is 0 Å². The van der Waals surface area contributed by atoms with E-state index in [4.69, 9.17) is 5.11 Å². The van der Waals surface area contributed by atoms with E-state index in [1.807, 2.05) is 6.92 Å². The minimum Gasteiger partial charge on any atom is -0.480 e. The predicted octanol–water partition coefficient (Wildman–Crippen LogP) is 1.38. The molecule has 0 bridgehead atoms. The molecule has 1 fully saturated rings. The Morgan fingerprint density at radius 1 is 1.58 bits per heavy atom. The van der Waals surface area contributed by atoms with Crippen LogP contribution in [-0.4, -0.2) is 23.2 Å². The molecular weight excluding hydrogens is 154 g/mol. The van der Waals surface area contributed by atoms with Crippen LogP contribution in [0, 0.1) is 0 Å². The fourth-order valence-corrected chi connectivity index (χ4v) is 1.90. The highest BCUT2D eigenvalue weighted by atomic mass is 16.4. The normalized spacial score (nSPS) is 30.1. The van der Waals surface area contributed by atoms with Crippen molar-refractivity contribution in [1.82, 2.24) is 5.32 Å². The van der Waals surface area contributed by atoms with Crippen molar-refractivity contribution in [2.75, 3.05) is 6.54 Å². The number of carbonyl (C=O) groups is 1. The molecule has 0 aromatic carbocycles. The summed E-state index contributed by atoms with van der Waals surface area (Å²) < 4.78 is 0. The molecular formula is C9H17NO2. The Kier molecular flexibility index (Phi) is 3.09. The van der Waals surface area contributed by atoms with Gasteiger partial charge in [0, 0.05) is 0 Å². The minimum atomic E-state index is -0.677. The maximum atomic E-state index is 11.0. The molecule has 0 aromatic rings. The Bertz CT molecular complexity index is 156. The van der Waals surface area contributed by atoms with Gasteiger partial charge in [0.25, 0.3) is 0 Å². The van der Waals surface area contributed by atoms with Crippen molar-refractivity contribution in [1.29, 1.82) is 0 Å².